The van der Waals surface area contributed by atoms with Gasteiger partial charge < -0.3 is 5.32 Å². The van der Waals surface area contributed by atoms with Crippen LogP contribution in [0.15, 0.2) is 36.4 Å². The van der Waals surface area contributed by atoms with Gasteiger partial charge in [-0.2, -0.15) is 0 Å². The molecule has 0 radical (unpaired) electrons. The predicted molar refractivity (Wildman–Crippen MR) is 86.2 cm³/mol. The molecule has 2 rings (SSSR count). The number of benzene rings is 2. The Bertz CT molecular complexity index is 601. The quantitative estimate of drug-likeness (QED) is 0.750. The predicted octanol–water partition coefficient (Wildman–Crippen LogP) is 4.70. The van der Waals surface area contributed by atoms with Crippen LogP contribution in [-0.2, 0) is 0 Å². The molecule has 1 unspecified atom stereocenters. The van der Waals surface area contributed by atoms with Gasteiger partial charge in [-0.05, 0) is 71.5 Å². The van der Waals surface area contributed by atoms with Crippen molar-refractivity contribution < 1.29 is 4.39 Å². The lowest BCUT2D eigenvalue weighted by atomic mass is 9.97. The van der Waals surface area contributed by atoms with Crippen molar-refractivity contribution in [2.75, 3.05) is 7.05 Å². The Kier molecular flexibility index (Phi) is 4.81. The fraction of sp³-hybridized carbons (Fsp3) is 0.200. The maximum Gasteiger partial charge on any atom is 0.127 e. The van der Waals surface area contributed by atoms with Crippen molar-refractivity contribution in [3.63, 3.8) is 0 Å². The fourth-order valence-electron chi connectivity index (χ4n) is 2.09. The zero-order chi connectivity index (χ0) is 14.0. The van der Waals surface area contributed by atoms with E-state index in [1.165, 1.54) is 6.07 Å². The first-order chi connectivity index (χ1) is 9.04. The summed E-state index contributed by atoms with van der Waals surface area (Å²) in [7, 11) is 1.88. The highest BCUT2D eigenvalue weighted by atomic mass is 127. The average molecular weight is 390 g/mol. The lowest BCUT2D eigenvalue weighted by Gasteiger charge is -2.20. The van der Waals surface area contributed by atoms with E-state index in [1.807, 2.05) is 31.3 Å². The van der Waals surface area contributed by atoms with Gasteiger partial charge in [0.15, 0.2) is 0 Å². The molecule has 0 aliphatic rings. The maximum atomic E-state index is 13.5. The first-order valence-corrected chi connectivity index (χ1v) is 7.37. The molecule has 2 aromatic rings. The molecule has 0 heterocycles. The second-order valence-corrected chi connectivity index (χ2v) is 5.94. The SMILES string of the molecule is CNC(c1cc(C)c(F)cc1Cl)c1ccccc1I. The van der Waals surface area contributed by atoms with E-state index in [0.717, 1.165) is 14.7 Å². The number of rotatable bonds is 3. The Morgan fingerprint density at radius 2 is 1.89 bits per heavy atom. The van der Waals surface area contributed by atoms with Crippen LogP contribution >= 0.6 is 34.2 Å². The molecule has 1 atom stereocenters. The van der Waals surface area contributed by atoms with E-state index in [-0.39, 0.29) is 11.9 Å². The van der Waals surface area contributed by atoms with E-state index in [0.29, 0.717) is 10.6 Å². The molecule has 0 spiro atoms. The highest BCUT2D eigenvalue weighted by Crippen LogP contribution is 2.32. The van der Waals surface area contributed by atoms with Crippen LogP contribution < -0.4 is 5.32 Å². The highest BCUT2D eigenvalue weighted by Gasteiger charge is 2.18. The molecule has 0 aliphatic carbocycles. The Balaban J connectivity index is 2.55. The average Bonchev–Trinajstić information content (AvgIpc) is 2.38. The van der Waals surface area contributed by atoms with Crippen molar-refractivity contribution in [1.29, 1.82) is 0 Å². The molecule has 0 saturated carbocycles. The Hall–Kier alpha value is -0.650. The summed E-state index contributed by atoms with van der Waals surface area (Å²) in [5, 5.41) is 3.70. The van der Waals surface area contributed by atoms with Crippen LogP contribution in [0, 0.1) is 16.3 Å². The fourth-order valence-corrected chi connectivity index (χ4v) is 3.05. The van der Waals surface area contributed by atoms with Gasteiger partial charge in [0.1, 0.15) is 5.82 Å². The standard InChI is InChI=1S/C15H14ClFIN/c1-9-7-11(12(16)8-13(9)17)15(19-2)10-5-3-4-6-14(10)18/h3-8,15,19H,1-2H3. The molecule has 0 aromatic heterocycles. The summed E-state index contributed by atoms with van der Waals surface area (Å²) in [4.78, 5) is 0. The van der Waals surface area contributed by atoms with Crippen molar-refractivity contribution in [3.05, 3.63) is 67.5 Å². The first-order valence-electron chi connectivity index (χ1n) is 5.92. The number of hydrogen-bond donors (Lipinski definition) is 1. The zero-order valence-corrected chi connectivity index (χ0v) is 13.6. The second-order valence-electron chi connectivity index (χ2n) is 4.37. The van der Waals surface area contributed by atoms with Gasteiger partial charge in [0.25, 0.3) is 0 Å². The lowest BCUT2D eigenvalue weighted by Crippen LogP contribution is -2.19. The molecule has 1 N–H and O–H groups in total. The van der Waals surface area contributed by atoms with Crippen LogP contribution in [0.1, 0.15) is 22.7 Å². The van der Waals surface area contributed by atoms with Gasteiger partial charge in [-0.25, -0.2) is 4.39 Å². The normalized spacial score (nSPS) is 12.5. The van der Waals surface area contributed by atoms with Crippen LogP contribution in [0.25, 0.3) is 0 Å². The minimum atomic E-state index is -0.272. The zero-order valence-electron chi connectivity index (χ0n) is 10.7. The van der Waals surface area contributed by atoms with E-state index in [9.17, 15) is 4.39 Å². The third-order valence-corrected chi connectivity index (χ3v) is 4.40. The largest absolute Gasteiger partial charge is 0.309 e. The topological polar surface area (TPSA) is 12.0 Å². The molecular formula is C15H14ClFIN. The van der Waals surface area contributed by atoms with Gasteiger partial charge in [-0.3, -0.25) is 0 Å². The van der Waals surface area contributed by atoms with E-state index < -0.39 is 0 Å². The molecule has 19 heavy (non-hydrogen) atoms. The smallest absolute Gasteiger partial charge is 0.127 e. The van der Waals surface area contributed by atoms with Crippen molar-refractivity contribution >= 4 is 34.2 Å². The first kappa shape index (κ1) is 14.8. The van der Waals surface area contributed by atoms with Gasteiger partial charge in [-0.1, -0.05) is 29.8 Å². The number of nitrogens with one attached hydrogen (secondary N) is 1. The highest BCUT2D eigenvalue weighted by molar-refractivity contribution is 14.1. The molecule has 0 aliphatic heterocycles. The molecule has 0 saturated heterocycles. The van der Waals surface area contributed by atoms with Crippen LogP contribution in [0.4, 0.5) is 4.39 Å². The minimum absolute atomic E-state index is 0.0418. The summed E-state index contributed by atoms with van der Waals surface area (Å²) < 4.78 is 14.7. The van der Waals surface area contributed by atoms with E-state index >= 15 is 0 Å². The summed E-state index contributed by atoms with van der Waals surface area (Å²) in [5.74, 6) is -0.272. The number of hydrogen-bond acceptors (Lipinski definition) is 1. The summed E-state index contributed by atoms with van der Waals surface area (Å²) in [6, 6.07) is 11.2. The van der Waals surface area contributed by atoms with Crippen molar-refractivity contribution in [2.24, 2.45) is 0 Å². The maximum absolute atomic E-state index is 13.5. The van der Waals surface area contributed by atoms with Crippen LogP contribution in [0.2, 0.25) is 5.02 Å². The minimum Gasteiger partial charge on any atom is -0.309 e. The van der Waals surface area contributed by atoms with Crippen LogP contribution in [0.3, 0.4) is 0 Å². The molecule has 100 valence electrons. The van der Waals surface area contributed by atoms with Gasteiger partial charge in [-0.15, -0.1) is 0 Å². The third kappa shape index (κ3) is 3.09. The second kappa shape index (κ2) is 6.20. The van der Waals surface area contributed by atoms with E-state index in [1.54, 1.807) is 6.92 Å². The van der Waals surface area contributed by atoms with E-state index in [2.05, 4.69) is 34.0 Å². The van der Waals surface area contributed by atoms with Crippen LogP contribution in [0.5, 0.6) is 0 Å². The summed E-state index contributed by atoms with van der Waals surface area (Å²) in [5.41, 5.74) is 2.64. The Labute approximate surface area is 131 Å². The summed E-state index contributed by atoms with van der Waals surface area (Å²) in [6.07, 6.45) is 0. The van der Waals surface area contributed by atoms with Crippen LogP contribution in [-0.4, -0.2) is 7.05 Å². The molecule has 1 nitrogen and oxygen atoms in total. The summed E-state index contributed by atoms with van der Waals surface area (Å²) in [6.45, 7) is 1.75. The molecule has 0 bridgehead atoms. The third-order valence-electron chi connectivity index (χ3n) is 3.09. The molecule has 4 heteroatoms. The molecule has 2 aromatic carbocycles. The van der Waals surface area contributed by atoms with E-state index in [4.69, 9.17) is 11.6 Å². The molecular weight excluding hydrogens is 376 g/mol. The Morgan fingerprint density at radius 3 is 2.53 bits per heavy atom. The number of halogens is 3. The number of aryl methyl sites for hydroxylation is 1. The van der Waals surface area contributed by atoms with Gasteiger partial charge in [0.05, 0.1) is 6.04 Å². The molecule has 0 amide bonds. The van der Waals surface area contributed by atoms with Gasteiger partial charge in [0, 0.05) is 8.59 Å². The van der Waals surface area contributed by atoms with Gasteiger partial charge in [0.2, 0.25) is 0 Å². The van der Waals surface area contributed by atoms with Crippen molar-refractivity contribution in [1.82, 2.24) is 5.32 Å². The lowest BCUT2D eigenvalue weighted by molar-refractivity contribution is 0.614. The monoisotopic (exact) mass is 389 g/mol. The Morgan fingerprint density at radius 1 is 1.21 bits per heavy atom. The summed E-state index contributed by atoms with van der Waals surface area (Å²) >= 11 is 8.49. The van der Waals surface area contributed by atoms with Crippen molar-refractivity contribution in [3.8, 4) is 0 Å². The van der Waals surface area contributed by atoms with Gasteiger partial charge >= 0.3 is 0 Å². The molecule has 0 fully saturated rings. The van der Waals surface area contributed by atoms with Crippen molar-refractivity contribution in [2.45, 2.75) is 13.0 Å².